The van der Waals surface area contributed by atoms with Crippen molar-refractivity contribution >= 4 is 29.4 Å². The Labute approximate surface area is 156 Å². The van der Waals surface area contributed by atoms with E-state index in [0.717, 1.165) is 24.2 Å². The molecule has 26 heavy (non-hydrogen) atoms. The van der Waals surface area contributed by atoms with E-state index in [2.05, 4.69) is 5.32 Å². The van der Waals surface area contributed by atoms with Gasteiger partial charge in [0.25, 0.3) is 5.91 Å². The van der Waals surface area contributed by atoms with Gasteiger partial charge in [-0.05, 0) is 25.0 Å². The van der Waals surface area contributed by atoms with Crippen LogP contribution >= 0.6 is 11.6 Å². The Morgan fingerprint density at radius 3 is 2.65 bits per heavy atom. The molecular weight excluding hydrogens is 361 g/mol. The van der Waals surface area contributed by atoms with Gasteiger partial charge in [0.05, 0.1) is 0 Å². The first-order valence-corrected chi connectivity index (χ1v) is 9.03. The summed E-state index contributed by atoms with van der Waals surface area (Å²) in [6.07, 6.45) is 3.99. The molecule has 2 aliphatic rings. The Morgan fingerprint density at radius 2 is 2.00 bits per heavy atom. The molecule has 2 fully saturated rings. The normalized spacial score (nSPS) is 19.0. The highest BCUT2D eigenvalue weighted by Gasteiger charge is 2.51. The van der Waals surface area contributed by atoms with Crippen LogP contribution in [0.1, 0.15) is 37.7 Å². The third-order valence-electron chi connectivity index (χ3n) is 5.13. The number of hydrogen-bond donors (Lipinski definition) is 1. The van der Waals surface area contributed by atoms with Crippen molar-refractivity contribution in [3.8, 4) is 0 Å². The summed E-state index contributed by atoms with van der Waals surface area (Å²) in [5.74, 6) is -1.30. The van der Waals surface area contributed by atoms with Gasteiger partial charge in [0.2, 0.25) is 5.91 Å². The molecule has 0 unspecified atom stereocenters. The number of nitrogens with one attached hydrogen (secondary N) is 1. The average molecular weight is 382 g/mol. The zero-order valence-electron chi connectivity index (χ0n) is 14.6. The molecule has 1 saturated carbocycles. The molecule has 140 valence electrons. The van der Waals surface area contributed by atoms with Gasteiger partial charge in [-0.15, -0.1) is 0 Å². The molecule has 1 aliphatic carbocycles. The highest BCUT2D eigenvalue weighted by atomic mass is 35.5. The van der Waals surface area contributed by atoms with E-state index in [0.29, 0.717) is 12.8 Å². The second kappa shape index (κ2) is 7.23. The summed E-state index contributed by atoms with van der Waals surface area (Å²) >= 11 is 5.99. The molecule has 1 heterocycles. The minimum Gasteiger partial charge on any atom is -0.340 e. The molecular formula is C18H21ClFN3O3. The maximum absolute atomic E-state index is 13.9. The predicted octanol–water partition coefficient (Wildman–Crippen LogP) is 2.69. The predicted molar refractivity (Wildman–Crippen MR) is 93.9 cm³/mol. The number of benzene rings is 1. The van der Waals surface area contributed by atoms with Crippen molar-refractivity contribution in [3.63, 3.8) is 0 Å². The summed E-state index contributed by atoms with van der Waals surface area (Å²) in [7, 11) is 1.49. The van der Waals surface area contributed by atoms with Crippen LogP contribution in [0.2, 0.25) is 5.02 Å². The number of amides is 4. The van der Waals surface area contributed by atoms with Crippen LogP contribution in [0.25, 0.3) is 0 Å². The fourth-order valence-electron chi connectivity index (χ4n) is 3.58. The Hall–Kier alpha value is -2.15. The molecule has 0 aromatic heterocycles. The van der Waals surface area contributed by atoms with Gasteiger partial charge in [0, 0.05) is 24.2 Å². The van der Waals surface area contributed by atoms with E-state index in [1.807, 2.05) is 0 Å². The molecule has 1 aromatic carbocycles. The molecule has 0 bridgehead atoms. The summed E-state index contributed by atoms with van der Waals surface area (Å²) in [5, 5.41) is 2.99. The number of urea groups is 1. The van der Waals surface area contributed by atoms with Gasteiger partial charge in [-0.1, -0.05) is 36.9 Å². The Morgan fingerprint density at radius 1 is 1.31 bits per heavy atom. The van der Waals surface area contributed by atoms with Gasteiger partial charge in [-0.2, -0.15) is 0 Å². The maximum atomic E-state index is 13.9. The van der Waals surface area contributed by atoms with Gasteiger partial charge in [0.15, 0.2) is 0 Å². The number of nitrogens with zero attached hydrogens (tertiary/aromatic N) is 2. The highest BCUT2D eigenvalue weighted by Crippen LogP contribution is 2.33. The van der Waals surface area contributed by atoms with E-state index in [-0.39, 0.29) is 29.6 Å². The Balaban J connectivity index is 1.67. The number of halogens is 2. The molecule has 1 aliphatic heterocycles. The third-order valence-corrected chi connectivity index (χ3v) is 5.48. The average Bonchev–Trinajstić information content (AvgIpc) is 2.83. The molecule has 8 heteroatoms. The molecule has 6 nitrogen and oxygen atoms in total. The van der Waals surface area contributed by atoms with Crippen LogP contribution in [0.15, 0.2) is 18.2 Å². The molecule has 1 aromatic rings. The van der Waals surface area contributed by atoms with E-state index in [4.69, 9.17) is 11.6 Å². The summed E-state index contributed by atoms with van der Waals surface area (Å²) < 4.78 is 13.9. The maximum Gasteiger partial charge on any atom is 0.325 e. The fraction of sp³-hybridized carbons (Fsp3) is 0.500. The third kappa shape index (κ3) is 3.40. The van der Waals surface area contributed by atoms with E-state index < -0.39 is 23.3 Å². The van der Waals surface area contributed by atoms with Crippen LogP contribution in [0.5, 0.6) is 0 Å². The van der Waals surface area contributed by atoms with Crippen molar-refractivity contribution in [2.45, 2.75) is 44.2 Å². The lowest BCUT2D eigenvalue weighted by molar-refractivity contribution is -0.139. The quantitative estimate of drug-likeness (QED) is 0.815. The first-order chi connectivity index (χ1) is 12.3. The van der Waals surface area contributed by atoms with Crippen molar-refractivity contribution in [2.24, 2.45) is 0 Å². The zero-order valence-corrected chi connectivity index (χ0v) is 15.3. The fourth-order valence-corrected chi connectivity index (χ4v) is 3.80. The van der Waals surface area contributed by atoms with Crippen molar-refractivity contribution in [2.75, 3.05) is 13.6 Å². The van der Waals surface area contributed by atoms with Crippen LogP contribution in [-0.4, -0.2) is 46.8 Å². The van der Waals surface area contributed by atoms with Gasteiger partial charge >= 0.3 is 6.03 Å². The standard InChI is InChI=1S/C18H21ClFN3O3/c1-22(10-12-13(19)6-5-7-14(12)20)15(24)11-23-16(25)18(21-17(23)26)8-3-2-4-9-18/h5-7H,2-4,8-11H2,1H3,(H,21,26). The number of rotatable bonds is 4. The molecule has 1 spiro atoms. The molecule has 3 rings (SSSR count). The lowest BCUT2D eigenvalue weighted by Gasteiger charge is -2.30. The number of likely N-dealkylation sites (N-methyl/N-ethyl adjacent to an activating group) is 1. The van der Waals surface area contributed by atoms with Crippen LogP contribution < -0.4 is 5.32 Å². The molecule has 0 atom stereocenters. The van der Waals surface area contributed by atoms with Crippen LogP contribution in [0.3, 0.4) is 0 Å². The number of hydrogen-bond acceptors (Lipinski definition) is 3. The number of carbonyl (C=O) groups is 3. The summed E-state index contributed by atoms with van der Waals surface area (Å²) in [5.41, 5.74) is -0.658. The van der Waals surface area contributed by atoms with Gasteiger partial charge in [-0.25, -0.2) is 9.18 Å². The second-order valence-corrected chi connectivity index (χ2v) is 7.32. The largest absolute Gasteiger partial charge is 0.340 e. The second-order valence-electron chi connectivity index (χ2n) is 6.91. The minimum absolute atomic E-state index is 0.0425. The van der Waals surface area contributed by atoms with Crippen LogP contribution in [0, 0.1) is 5.82 Å². The topological polar surface area (TPSA) is 69.7 Å². The van der Waals surface area contributed by atoms with Crippen LogP contribution in [-0.2, 0) is 16.1 Å². The first kappa shape index (κ1) is 18.6. The van der Waals surface area contributed by atoms with Crippen LogP contribution in [0.4, 0.5) is 9.18 Å². The van der Waals surface area contributed by atoms with Crippen molar-refractivity contribution in [1.29, 1.82) is 0 Å². The van der Waals surface area contributed by atoms with Crippen molar-refractivity contribution in [3.05, 3.63) is 34.6 Å². The minimum atomic E-state index is -0.858. The molecule has 1 N–H and O–H groups in total. The number of carbonyl (C=O) groups excluding carboxylic acids is 3. The van der Waals surface area contributed by atoms with E-state index in [9.17, 15) is 18.8 Å². The van der Waals surface area contributed by atoms with E-state index >= 15 is 0 Å². The monoisotopic (exact) mass is 381 g/mol. The van der Waals surface area contributed by atoms with Gasteiger partial charge in [0.1, 0.15) is 17.9 Å². The van der Waals surface area contributed by atoms with E-state index in [1.165, 1.54) is 24.1 Å². The Bertz CT molecular complexity index is 729. The SMILES string of the molecule is CN(Cc1c(F)cccc1Cl)C(=O)CN1C(=O)NC2(CCCCC2)C1=O. The summed E-state index contributed by atoms with van der Waals surface area (Å²) in [6.45, 7) is -0.409. The smallest absolute Gasteiger partial charge is 0.325 e. The highest BCUT2D eigenvalue weighted by molar-refractivity contribution is 6.31. The molecule has 1 saturated heterocycles. The van der Waals surface area contributed by atoms with E-state index in [1.54, 1.807) is 6.07 Å². The first-order valence-electron chi connectivity index (χ1n) is 8.65. The molecule has 0 radical (unpaired) electrons. The number of imide groups is 1. The molecule has 4 amide bonds. The lowest BCUT2D eigenvalue weighted by atomic mass is 9.82. The zero-order chi connectivity index (χ0) is 18.9. The van der Waals surface area contributed by atoms with Gasteiger partial charge < -0.3 is 10.2 Å². The van der Waals surface area contributed by atoms with Gasteiger partial charge in [-0.3, -0.25) is 14.5 Å². The van der Waals surface area contributed by atoms with Crippen molar-refractivity contribution < 1.29 is 18.8 Å². The van der Waals surface area contributed by atoms with Crippen molar-refractivity contribution in [1.82, 2.24) is 15.1 Å². The summed E-state index contributed by atoms with van der Waals surface area (Å²) in [4.78, 5) is 39.6. The summed E-state index contributed by atoms with van der Waals surface area (Å²) in [6, 6.07) is 3.76. The Kier molecular flexibility index (Phi) is 5.18. The lowest BCUT2D eigenvalue weighted by Crippen LogP contribution is -2.49.